The van der Waals surface area contributed by atoms with Crippen LogP contribution in [0, 0.1) is 17.5 Å². The van der Waals surface area contributed by atoms with Gasteiger partial charge in [-0.1, -0.05) is 18.2 Å². The Hall–Kier alpha value is -3.09. The van der Waals surface area contributed by atoms with Gasteiger partial charge < -0.3 is 5.32 Å². The number of H-pyrrole nitrogens is 1. The molecule has 3 rings (SSSR count). The highest BCUT2D eigenvalue weighted by Crippen LogP contribution is 2.23. The molecule has 0 amide bonds. The number of nitrogens with zero attached hydrogens (tertiary/aromatic N) is 1. The van der Waals surface area contributed by atoms with Crippen molar-refractivity contribution in [3.05, 3.63) is 76.5 Å². The van der Waals surface area contributed by atoms with Crippen molar-refractivity contribution in [3.8, 4) is 11.1 Å². The second-order valence-electron chi connectivity index (χ2n) is 4.69. The largest absolute Gasteiger partial charge is 0.326 e. The zero-order chi connectivity index (χ0) is 16.4. The lowest BCUT2D eigenvalue weighted by atomic mass is 10.1. The number of hydrogen-bond acceptors (Lipinski definition) is 3. The highest BCUT2D eigenvalue weighted by atomic mass is 19.2. The second kappa shape index (κ2) is 5.96. The fourth-order valence-corrected chi connectivity index (χ4v) is 2.04. The van der Waals surface area contributed by atoms with Gasteiger partial charge in [0, 0.05) is 17.4 Å². The van der Waals surface area contributed by atoms with Crippen molar-refractivity contribution >= 4 is 11.6 Å². The van der Waals surface area contributed by atoms with E-state index in [9.17, 15) is 18.0 Å². The summed E-state index contributed by atoms with van der Waals surface area (Å²) in [5, 5.41) is 2.86. The summed E-state index contributed by atoms with van der Waals surface area (Å²) in [7, 11) is 0. The Bertz CT molecular complexity index is 910. The molecule has 2 aromatic carbocycles. The molecule has 1 heterocycles. The van der Waals surface area contributed by atoms with Gasteiger partial charge in [0.25, 0.3) is 5.56 Å². The van der Waals surface area contributed by atoms with Gasteiger partial charge in [-0.05, 0) is 24.3 Å². The molecule has 0 atom stereocenters. The molecule has 116 valence electrons. The fraction of sp³-hybridized carbons (Fsp3) is 0. The summed E-state index contributed by atoms with van der Waals surface area (Å²) in [6, 6.07) is 10.7. The van der Waals surface area contributed by atoms with Crippen LogP contribution in [0.4, 0.5) is 24.8 Å². The third-order valence-corrected chi connectivity index (χ3v) is 3.16. The number of hydrogen-bond donors (Lipinski definition) is 2. The highest BCUT2D eigenvalue weighted by molar-refractivity contribution is 5.63. The van der Waals surface area contributed by atoms with E-state index in [1.807, 2.05) is 6.07 Å². The molecule has 0 spiro atoms. The van der Waals surface area contributed by atoms with Gasteiger partial charge in [-0.3, -0.25) is 9.78 Å². The van der Waals surface area contributed by atoms with Crippen molar-refractivity contribution in [2.24, 2.45) is 0 Å². The van der Waals surface area contributed by atoms with Gasteiger partial charge in [0.15, 0.2) is 17.5 Å². The van der Waals surface area contributed by atoms with Crippen LogP contribution >= 0.6 is 0 Å². The number of halogens is 3. The monoisotopic (exact) mass is 317 g/mol. The molecule has 0 fully saturated rings. The number of benzene rings is 2. The number of nitrogens with one attached hydrogen (secondary N) is 2. The van der Waals surface area contributed by atoms with Crippen LogP contribution < -0.4 is 10.9 Å². The van der Waals surface area contributed by atoms with Crippen LogP contribution in [0.3, 0.4) is 0 Å². The summed E-state index contributed by atoms with van der Waals surface area (Å²) in [5.74, 6) is -4.24. The average molecular weight is 317 g/mol. The molecule has 3 aromatic rings. The number of aromatic amines is 1. The van der Waals surface area contributed by atoms with E-state index in [2.05, 4.69) is 15.3 Å². The molecule has 0 saturated heterocycles. The normalized spacial score (nSPS) is 10.6. The number of aromatic nitrogens is 2. The van der Waals surface area contributed by atoms with Gasteiger partial charge in [-0.2, -0.15) is 0 Å². The van der Waals surface area contributed by atoms with E-state index in [4.69, 9.17) is 0 Å². The zero-order valence-electron chi connectivity index (χ0n) is 11.6. The lowest BCUT2D eigenvalue weighted by molar-refractivity contribution is 0.449. The molecule has 2 N–H and O–H groups in total. The maximum absolute atomic E-state index is 13.8. The van der Waals surface area contributed by atoms with E-state index in [0.29, 0.717) is 5.69 Å². The number of para-hydroxylation sites is 1. The molecule has 0 aliphatic heterocycles. The van der Waals surface area contributed by atoms with Crippen LogP contribution in [0.25, 0.3) is 11.1 Å². The molecular weight excluding hydrogens is 307 g/mol. The second-order valence-corrected chi connectivity index (χ2v) is 4.69. The predicted molar refractivity (Wildman–Crippen MR) is 79.9 cm³/mol. The number of rotatable bonds is 3. The van der Waals surface area contributed by atoms with Gasteiger partial charge >= 0.3 is 0 Å². The van der Waals surface area contributed by atoms with Crippen LogP contribution in [-0.4, -0.2) is 9.97 Å². The standard InChI is InChI=1S/C16H10F3N3O/c17-12-7-6-10(13(18)14(12)19)11-8-20-16(22-15(11)23)21-9-4-2-1-3-5-9/h1-8H,(H2,20,21,22,23). The van der Waals surface area contributed by atoms with E-state index < -0.39 is 23.0 Å². The Balaban J connectivity index is 1.97. The zero-order valence-corrected chi connectivity index (χ0v) is 11.6. The van der Waals surface area contributed by atoms with Gasteiger partial charge in [0.1, 0.15) is 0 Å². The highest BCUT2D eigenvalue weighted by Gasteiger charge is 2.17. The van der Waals surface area contributed by atoms with E-state index in [0.717, 1.165) is 18.3 Å². The van der Waals surface area contributed by atoms with E-state index in [-0.39, 0.29) is 17.1 Å². The van der Waals surface area contributed by atoms with Crippen molar-refractivity contribution in [1.29, 1.82) is 0 Å². The van der Waals surface area contributed by atoms with Crippen LogP contribution in [0.5, 0.6) is 0 Å². The van der Waals surface area contributed by atoms with Gasteiger partial charge in [-0.25, -0.2) is 18.2 Å². The van der Waals surface area contributed by atoms with Crippen LogP contribution in [-0.2, 0) is 0 Å². The molecule has 0 radical (unpaired) electrons. The smallest absolute Gasteiger partial charge is 0.260 e. The first-order valence-corrected chi connectivity index (χ1v) is 6.61. The lowest BCUT2D eigenvalue weighted by Gasteiger charge is -2.07. The van der Waals surface area contributed by atoms with Crippen LogP contribution in [0.2, 0.25) is 0 Å². The Morgan fingerprint density at radius 2 is 1.65 bits per heavy atom. The maximum Gasteiger partial charge on any atom is 0.260 e. The quantitative estimate of drug-likeness (QED) is 0.726. The van der Waals surface area contributed by atoms with Gasteiger partial charge in [0.05, 0.1) is 5.56 Å². The molecule has 0 aliphatic carbocycles. The summed E-state index contributed by atoms with van der Waals surface area (Å²) in [6.45, 7) is 0. The molecular formula is C16H10F3N3O. The first-order chi connectivity index (χ1) is 11.1. The predicted octanol–water partition coefficient (Wildman–Crippen LogP) is 3.60. The van der Waals surface area contributed by atoms with Crippen molar-refractivity contribution < 1.29 is 13.2 Å². The SMILES string of the molecule is O=c1[nH]c(Nc2ccccc2)ncc1-c1ccc(F)c(F)c1F. The third-order valence-electron chi connectivity index (χ3n) is 3.16. The lowest BCUT2D eigenvalue weighted by Crippen LogP contribution is -2.13. The molecule has 0 unspecified atom stereocenters. The van der Waals surface area contributed by atoms with Crippen molar-refractivity contribution in [2.75, 3.05) is 5.32 Å². The van der Waals surface area contributed by atoms with Crippen LogP contribution in [0.1, 0.15) is 0 Å². The molecule has 1 aromatic heterocycles. The summed E-state index contributed by atoms with van der Waals surface area (Å²) >= 11 is 0. The number of anilines is 2. The third kappa shape index (κ3) is 2.94. The Kier molecular flexibility index (Phi) is 3.84. The van der Waals surface area contributed by atoms with E-state index >= 15 is 0 Å². The molecule has 23 heavy (non-hydrogen) atoms. The fourth-order valence-electron chi connectivity index (χ4n) is 2.04. The Morgan fingerprint density at radius 1 is 0.913 bits per heavy atom. The minimum absolute atomic E-state index is 0.146. The van der Waals surface area contributed by atoms with Crippen LogP contribution in [0.15, 0.2) is 53.5 Å². The summed E-state index contributed by atoms with van der Waals surface area (Å²) in [5.41, 5.74) is -0.533. The summed E-state index contributed by atoms with van der Waals surface area (Å²) < 4.78 is 40.0. The van der Waals surface area contributed by atoms with Crippen molar-refractivity contribution in [2.45, 2.75) is 0 Å². The maximum atomic E-state index is 13.8. The molecule has 0 bridgehead atoms. The minimum Gasteiger partial charge on any atom is -0.326 e. The summed E-state index contributed by atoms with van der Waals surface area (Å²) in [6.07, 6.45) is 1.10. The topological polar surface area (TPSA) is 57.8 Å². The van der Waals surface area contributed by atoms with E-state index in [1.54, 1.807) is 24.3 Å². The molecule has 4 nitrogen and oxygen atoms in total. The molecule has 0 aliphatic rings. The first kappa shape index (κ1) is 14.8. The van der Waals surface area contributed by atoms with Crippen molar-refractivity contribution in [3.63, 3.8) is 0 Å². The van der Waals surface area contributed by atoms with Gasteiger partial charge in [0.2, 0.25) is 5.95 Å². The molecule has 0 saturated carbocycles. The van der Waals surface area contributed by atoms with Crippen molar-refractivity contribution in [1.82, 2.24) is 9.97 Å². The Labute approximate surface area is 128 Å². The van der Waals surface area contributed by atoms with Gasteiger partial charge in [-0.15, -0.1) is 0 Å². The first-order valence-electron chi connectivity index (χ1n) is 6.61. The minimum atomic E-state index is -1.63. The molecule has 7 heteroatoms. The van der Waals surface area contributed by atoms with E-state index in [1.165, 1.54) is 0 Å². The summed E-state index contributed by atoms with van der Waals surface area (Å²) in [4.78, 5) is 18.4. The Morgan fingerprint density at radius 3 is 2.35 bits per heavy atom. The average Bonchev–Trinajstić information content (AvgIpc) is 2.55.